The first kappa shape index (κ1) is 14.2. The zero-order valence-corrected chi connectivity index (χ0v) is 11.1. The summed E-state index contributed by atoms with van der Waals surface area (Å²) in [5.41, 5.74) is 0. The summed E-state index contributed by atoms with van der Waals surface area (Å²) in [4.78, 5) is 0. The lowest BCUT2D eigenvalue weighted by Gasteiger charge is -2.28. The van der Waals surface area contributed by atoms with Crippen LogP contribution in [0.3, 0.4) is 0 Å². The fourth-order valence-electron chi connectivity index (χ4n) is 1.55. The zero-order valence-electron chi connectivity index (χ0n) is 9.49. The molecule has 96 valence electrons. The summed E-state index contributed by atoms with van der Waals surface area (Å²) in [6.07, 6.45) is 1.40. The topological polar surface area (TPSA) is 58.6 Å². The van der Waals surface area contributed by atoms with E-state index in [1.165, 1.54) is 4.31 Å². The zero-order chi connectivity index (χ0) is 12.0. The Bertz CT molecular complexity index is 291. The first-order valence-corrected chi connectivity index (χ1v) is 7.48. The fourth-order valence-corrected chi connectivity index (χ4v) is 3.30. The Morgan fingerprint density at radius 3 is 2.56 bits per heavy atom. The van der Waals surface area contributed by atoms with Crippen molar-refractivity contribution in [1.29, 1.82) is 0 Å². The minimum Gasteiger partial charge on any atom is -0.379 e. The molecule has 1 aliphatic rings. The van der Waals surface area contributed by atoms with Gasteiger partial charge in [-0.25, -0.2) is 0 Å². The molecule has 1 N–H and O–H groups in total. The monoisotopic (exact) mass is 270 g/mol. The number of rotatable bonds is 6. The first-order chi connectivity index (χ1) is 7.60. The van der Waals surface area contributed by atoms with E-state index >= 15 is 0 Å². The molecule has 1 saturated heterocycles. The highest BCUT2D eigenvalue weighted by molar-refractivity contribution is 7.87. The van der Waals surface area contributed by atoms with Gasteiger partial charge in [0.15, 0.2) is 0 Å². The highest BCUT2D eigenvalue weighted by Gasteiger charge is 2.26. The van der Waals surface area contributed by atoms with Crippen LogP contribution in [0.25, 0.3) is 0 Å². The summed E-state index contributed by atoms with van der Waals surface area (Å²) in [5.74, 6) is 0.462. The summed E-state index contributed by atoms with van der Waals surface area (Å²) in [6, 6.07) is -0.0784. The SMILES string of the molecule is CCC(CCCl)NS(=O)(=O)N1CCOCC1. The van der Waals surface area contributed by atoms with Crippen LogP contribution in [0.4, 0.5) is 0 Å². The standard InChI is InChI=1S/C9H19ClN2O3S/c1-2-9(3-4-10)11-16(13,14)12-5-7-15-8-6-12/h9,11H,2-8H2,1H3. The van der Waals surface area contributed by atoms with E-state index in [1.54, 1.807) is 0 Å². The van der Waals surface area contributed by atoms with E-state index in [9.17, 15) is 8.42 Å². The number of alkyl halides is 1. The van der Waals surface area contributed by atoms with Crippen molar-refractivity contribution in [3.05, 3.63) is 0 Å². The van der Waals surface area contributed by atoms with E-state index in [1.807, 2.05) is 6.92 Å². The number of nitrogens with zero attached hydrogens (tertiary/aromatic N) is 1. The van der Waals surface area contributed by atoms with Crippen molar-refractivity contribution < 1.29 is 13.2 Å². The van der Waals surface area contributed by atoms with Crippen molar-refractivity contribution in [2.45, 2.75) is 25.8 Å². The summed E-state index contributed by atoms with van der Waals surface area (Å²) in [7, 11) is -3.37. The van der Waals surface area contributed by atoms with Gasteiger partial charge in [0.1, 0.15) is 0 Å². The summed E-state index contributed by atoms with van der Waals surface area (Å²) in [6.45, 7) is 3.72. The van der Waals surface area contributed by atoms with Crippen LogP contribution in [-0.2, 0) is 14.9 Å². The number of nitrogens with one attached hydrogen (secondary N) is 1. The minimum absolute atomic E-state index is 0.0784. The maximum Gasteiger partial charge on any atom is 0.279 e. The molecular weight excluding hydrogens is 252 g/mol. The molecule has 1 unspecified atom stereocenters. The highest BCUT2D eigenvalue weighted by Crippen LogP contribution is 2.07. The van der Waals surface area contributed by atoms with E-state index in [-0.39, 0.29) is 6.04 Å². The molecule has 0 radical (unpaired) electrons. The Morgan fingerprint density at radius 2 is 2.06 bits per heavy atom. The molecule has 1 aliphatic heterocycles. The third kappa shape index (κ3) is 4.18. The van der Waals surface area contributed by atoms with Gasteiger partial charge in [0.05, 0.1) is 13.2 Å². The molecule has 16 heavy (non-hydrogen) atoms. The average Bonchev–Trinajstić information content (AvgIpc) is 2.29. The molecule has 1 heterocycles. The van der Waals surface area contributed by atoms with E-state index < -0.39 is 10.2 Å². The van der Waals surface area contributed by atoms with Crippen LogP contribution >= 0.6 is 11.6 Å². The first-order valence-electron chi connectivity index (χ1n) is 5.51. The van der Waals surface area contributed by atoms with E-state index in [0.717, 1.165) is 6.42 Å². The normalized spacial score (nSPS) is 20.9. The average molecular weight is 271 g/mol. The van der Waals surface area contributed by atoms with Crippen LogP contribution in [0.15, 0.2) is 0 Å². The highest BCUT2D eigenvalue weighted by atomic mass is 35.5. The largest absolute Gasteiger partial charge is 0.379 e. The Labute approximate surface area is 102 Å². The molecule has 0 saturated carbocycles. The second-order valence-electron chi connectivity index (χ2n) is 3.72. The van der Waals surface area contributed by atoms with Gasteiger partial charge in [-0.1, -0.05) is 6.92 Å². The van der Waals surface area contributed by atoms with E-state index in [2.05, 4.69) is 4.72 Å². The smallest absolute Gasteiger partial charge is 0.279 e. The molecule has 1 rings (SSSR count). The third-order valence-electron chi connectivity index (χ3n) is 2.58. The molecule has 0 aromatic carbocycles. The maximum absolute atomic E-state index is 11.9. The number of ether oxygens (including phenoxy) is 1. The lowest BCUT2D eigenvalue weighted by atomic mass is 10.2. The Hall–Kier alpha value is 0.120. The van der Waals surface area contributed by atoms with Gasteiger partial charge in [-0.15, -0.1) is 11.6 Å². The molecule has 0 amide bonds. The predicted octanol–water partition coefficient (Wildman–Crippen LogP) is 0.560. The van der Waals surface area contributed by atoms with E-state index in [4.69, 9.17) is 16.3 Å². The molecule has 1 fully saturated rings. The van der Waals surface area contributed by atoms with Gasteiger partial charge in [0, 0.05) is 25.0 Å². The Balaban J connectivity index is 2.54. The third-order valence-corrected chi connectivity index (χ3v) is 4.47. The van der Waals surface area contributed by atoms with E-state index in [0.29, 0.717) is 38.6 Å². The minimum atomic E-state index is -3.37. The van der Waals surface area contributed by atoms with Crippen LogP contribution < -0.4 is 4.72 Å². The Morgan fingerprint density at radius 1 is 1.44 bits per heavy atom. The lowest BCUT2D eigenvalue weighted by molar-refractivity contribution is 0.0723. The van der Waals surface area contributed by atoms with Gasteiger partial charge in [-0.3, -0.25) is 0 Å². The molecule has 5 nitrogen and oxygen atoms in total. The number of morpholine rings is 1. The molecule has 0 spiro atoms. The molecule has 0 aromatic heterocycles. The molecule has 0 aliphatic carbocycles. The van der Waals surface area contributed by atoms with Gasteiger partial charge in [0.2, 0.25) is 0 Å². The fraction of sp³-hybridized carbons (Fsp3) is 1.00. The van der Waals surface area contributed by atoms with Crippen molar-refractivity contribution >= 4 is 21.8 Å². The summed E-state index contributed by atoms with van der Waals surface area (Å²) >= 11 is 5.62. The van der Waals surface area contributed by atoms with Gasteiger partial charge < -0.3 is 4.74 Å². The molecule has 1 atom stereocenters. The Kier molecular flexibility index (Phi) is 5.99. The number of hydrogen-bond acceptors (Lipinski definition) is 3. The van der Waals surface area contributed by atoms with Crippen molar-refractivity contribution in [3.63, 3.8) is 0 Å². The second-order valence-corrected chi connectivity index (χ2v) is 5.80. The summed E-state index contributed by atoms with van der Waals surface area (Å²) in [5, 5.41) is 0. The van der Waals surface area contributed by atoms with Gasteiger partial charge >= 0.3 is 0 Å². The van der Waals surface area contributed by atoms with Crippen molar-refractivity contribution in [2.75, 3.05) is 32.2 Å². The predicted molar refractivity (Wildman–Crippen MR) is 63.9 cm³/mol. The van der Waals surface area contributed by atoms with Crippen molar-refractivity contribution in [1.82, 2.24) is 9.03 Å². The molecular formula is C9H19ClN2O3S. The van der Waals surface area contributed by atoms with Crippen molar-refractivity contribution in [3.8, 4) is 0 Å². The van der Waals surface area contributed by atoms with Crippen LogP contribution in [0.2, 0.25) is 0 Å². The maximum atomic E-state index is 11.9. The quantitative estimate of drug-likeness (QED) is 0.718. The number of halogens is 1. The number of hydrogen-bond donors (Lipinski definition) is 1. The molecule has 0 bridgehead atoms. The van der Waals surface area contributed by atoms with Crippen LogP contribution in [0.1, 0.15) is 19.8 Å². The van der Waals surface area contributed by atoms with Gasteiger partial charge in [0.25, 0.3) is 10.2 Å². The van der Waals surface area contributed by atoms with Crippen LogP contribution in [0, 0.1) is 0 Å². The van der Waals surface area contributed by atoms with Crippen LogP contribution in [-0.4, -0.2) is 50.9 Å². The second kappa shape index (κ2) is 6.76. The molecule has 7 heteroatoms. The lowest BCUT2D eigenvalue weighted by Crippen LogP contribution is -2.49. The summed E-state index contributed by atoms with van der Waals surface area (Å²) < 4.78 is 33.1. The van der Waals surface area contributed by atoms with Gasteiger partial charge in [-0.2, -0.15) is 17.4 Å². The van der Waals surface area contributed by atoms with Crippen molar-refractivity contribution in [2.24, 2.45) is 0 Å². The van der Waals surface area contributed by atoms with Crippen LogP contribution in [0.5, 0.6) is 0 Å². The molecule has 0 aromatic rings. The van der Waals surface area contributed by atoms with Gasteiger partial charge in [-0.05, 0) is 12.8 Å².